The molecule has 2 aliphatic heterocycles. The van der Waals surface area contributed by atoms with Crippen LogP contribution in [0.3, 0.4) is 0 Å². The summed E-state index contributed by atoms with van der Waals surface area (Å²) in [6, 6.07) is 0.792. The summed E-state index contributed by atoms with van der Waals surface area (Å²) in [5.74, 6) is 1.01. The first-order valence-electron chi connectivity index (χ1n) is 13.9. The topological polar surface area (TPSA) is 103 Å². The molecule has 2 saturated heterocycles. The largest absolute Gasteiger partial charge is 0.393 e. The Labute approximate surface area is 204 Å². The van der Waals surface area contributed by atoms with Crippen LogP contribution in [0.1, 0.15) is 64.2 Å². The van der Waals surface area contributed by atoms with Crippen LogP contribution in [0.25, 0.3) is 0 Å². The average Bonchev–Trinajstić information content (AvgIpc) is 3.51. The Morgan fingerprint density at radius 3 is 2.71 bits per heavy atom. The van der Waals surface area contributed by atoms with Gasteiger partial charge in [-0.1, -0.05) is 25.7 Å². The molecule has 0 spiro atoms. The van der Waals surface area contributed by atoms with E-state index in [9.17, 15) is 15.0 Å². The minimum atomic E-state index is -0.836. The van der Waals surface area contributed by atoms with E-state index in [1.807, 2.05) is 4.90 Å². The SMILES string of the molecule is O=C(C1C(O)CC(O)CC1OCC1CCCCC1)N1CC2CCCC(NCC3COCN3)C2C1. The highest BCUT2D eigenvalue weighted by atomic mass is 16.5. The molecule has 8 nitrogen and oxygen atoms in total. The predicted octanol–water partition coefficient (Wildman–Crippen LogP) is 1.25. The zero-order valence-electron chi connectivity index (χ0n) is 20.6. The molecule has 0 aromatic heterocycles. The molecule has 194 valence electrons. The standard InChI is InChI=1S/C26H45N3O5/c30-20-9-23(31)25(24(10-20)34-14-17-5-2-1-3-6-17)26(32)29-12-18-7-4-8-22(21(18)13-29)27-11-19-15-33-16-28-19/h17-25,27-28,30-31H,1-16H2. The first-order chi connectivity index (χ1) is 16.6. The maximum atomic E-state index is 13.8. The van der Waals surface area contributed by atoms with E-state index in [0.29, 0.717) is 49.6 Å². The lowest BCUT2D eigenvalue weighted by Crippen LogP contribution is -2.52. The Morgan fingerprint density at radius 2 is 1.91 bits per heavy atom. The normalized spacial score (nSPS) is 41.5. The molecular formula is C26H45N3O5. The molecule has 34 heavy (non-hydrogen) atoms. The summed E-state index contributed by atoms with van der Waals surface area (Å²) in [6.07, 6.45) is 8.58. The molecule has 0 radical (unpaired) electrons. The van der Waals surface area contributed by atoms with E-state index in [-0.39, 0.29) is 12.3 Å². The summed E-state index contributed by atoms with van der Waals surface area (Å²) in [7, 11) is 0. The smallest absolute Gasteiger partial charge is 0.230 e. The summed E-state index contributed by atoms with van der Waals surface area (Å²) < 4.78 is 11.7. The molecule has 3 aliphatic carbocycles. The summed E-state index contributed by atoms with van der Waals surface area (Å²) >= 11 is 0. The first kappa shape index (κ1) is 24.9. The molecule has 8 atom stereocenters. The van der Waals surface area contributed by atoms with Crippen LogP contribution in [0, 0.1) is 23.7 Å². The van der Waals surface area contributed by atoms with Gasteiger partial charge >= 0.3 is 0 Å². The number of amides is 1. The van der Waals surface area contributed by atoms with Crippen molar-refractivity contribution in [2.45, 2.75) is 94.6 Å². The fourth-order valence-corrected chi connectivity index (χ4v) is 7.27. The Morgan fingerprint density at radius 1 is 1.06 bits per heavy atom. The molecule has 1 amide bonds. The molecule has 5 rings (SSSR count). The van der Waals surface area contributed by atoms with E-state index in [0.717, 1.165) is 32.7 Å². The van der Waals surface area contributed by atoms with Crippen molar-refractivity contribution in [1.82, 2.24) is 15.5 Å². The monoisotopic (exact) mass is 479 g/mol. The third-order valence-electron chi connectivity index (χ3n) is 9.22. The van der Waals surface area contributed by atoms with Gasteiger partial charge in [0.15, 0.2) is 0 Å². The lowest BCUT2D eigenvalue weighted by molar-refractivity contribution is -0.158. The van der Waals surface area contributed by atoms with Gasteiger partial charge in [-0.25, -0.2) is 0 Å². The van der Waals surface area contributed by atoms with Crippen LogP contribution in [-0.2, 0) is 14.3 Å². The third-order valence-corrected chi connectivity index (χ3v) is 9.22. The highest BCUT2D eigenvalue weighted by Gasteiger charge is 2.48. The zero-order valence-corrected chi connectivity index (χ0v) is 20.6. The number of ether oxygens (including phenoxy) is 2. The van der Waals surface area contributed by atoms with Gasteiger partial charge in [0.1, 0.15) is 0 Å². The molecular weight excluding hydrogens is 434 g/mol. The van der Waals surface area contributed by atoms with Crippen LogP contribution < -0.4 is 10.6 Å². The van der Waals surface area contributed by atoms with Crippen LogP contribution >= 0.6 is 0 Å². The van der Waals surface area contributed by atoms with Crippen molar-refractivity contribution in [1.29, 1.82) is 0 Å². The number of fused-ring (bicyclic) bond motifs is 1. The number of hydrogen-bond donors (Lipinski definition) is 4. The molecule has 0 bridgehead atoms. The second kappa shape index (κ2) is 11.5. The quantitative estimate of drug-likeness (QED) is 0.436. The number of rotatable bonds is 7. The number of hydrogen-bond acceptors (Lipinski definition) is 7. The van der Waals surface area contributed by atoms with Crippen molar-refractivity contribution in [2.75, 3.05) is 39.6 Å². The Balaban J connectivity index is 1.20. The third kappa shape index (κ3) is 5.79. The number of carbonyl (C=O) groups is 1. The van der Waals surface area contributed by atoms with E-state index in [1.54, 1.807) is 0 Å². The Hall–Kier alpha value is -0.770. The van der Waals surface area contributed by atoms with Gasteiger partial charge in [-0.2, -0.15) is 0 Å². The van der Waals surface area contributed by atoms with Gasteiger partial charge in [0, 0.05) is 51.2 Å². The fourth-order valence-electron chi connectivity index (χ4n) is 7.27. The Kier molecular flexibility index (Phi) is 8.44. The maximum absolute atomic E-state index is 13.8. The van der Waals surface area contributed by atoms with Gasteiger partial charge in [-0.15, -0.1) is 0 Å². The second-order valence-corrected chi connectivity index (χ2v) is 11.6. The summed E-state index contributed by atoms with van der Waals surface area (Å²) in [5, 5.41) is 28.3. The number of likely N-dealkylation sites (tertiary alicyclic amines) is 1. The molecule has 5 fully saturated rings. The molecule has 4 N–H and O–H groups in total. The highest BCUT2D eigenvalue weighted by molar-refractivity contribution is 5.80. The van der Waals surface area contributed by atoms with Gasteiger partial charge in [-0.05, 0) is 43.4 Å². The van der Waals surface area contributed by atoms with Crippen molar-refractivity contribution in [3.63, 3.8) is 0 Å². The van der Waals surface area contributed by atoms with E-state index < -0.39 is 24.2 Å². The molecule has 0 aromatic rings. The van der Waals surface area contributed by atoms with Gasteiger partial charge < -0.3 is 29.9 Å². The highest BCUT2D eigenvalue weighted by Crippen LogP contribution is 2.39. The molecule has 5 aliphatic rings. The number of nitrogens with zero attached hydrogens (tertiary/aromatic N) is 1. The molecule has 2 heterocycles. The number of aliphatic hydroxyl groups excluding tert-OH is 2. The van der Waals surface area contributed by atoms with Gasteiger partial charge in [0.2, 0.25) is 5.91 Å². The molecule has 8 heteroatoms. The minimum absolute atomic E-state index is 0.0343. The van der Waals surface area contributed by atoms with Crippen molar-refractivity contribution >= 4 is 5.91 Å². The summed E-state index contributed by atoms with van der Waals surface area (Å²) in [4.78, 5) is 15.8. The van der Waals surface area contributed by atoms with E-state index in [1.165, 1.54) is 44.9 Å². The number of carbonyl (C=O) groups excluding carboxylic acids is 1. The van der Waals surface area contributed by atoms with Crippen LogP contribution in [0.5, 0.6) is 0 Å². The van der Waals surface area contributed by atoms with Crippen molar-refractivity contribution in [3.8, 4) is 0 Å². The number of aliphatic hydroxyl groups is 2. The average molecular weight is 480 g/mol. The summed E-state index contributed by atoms with van der Waals surface area (Å²) in [6.45, 7) is 4.48. The van der Waals surface area contributed by atoms with E-state index >= 15 is 0 Å². The van der Waals surface area contributed by atoms with E-state index in [4.69, 9.17) is 9.47 Å². The minimum Gasteiger partial charge on any atom is -0.393 e. The van der Waals surface area contributed by atoms with Crippen LogP contribution in [-0.4, -0.2) is 91.0 Å². The molecule has 8 unspecified atom stereocenters. The van der Waals surface area contributed by atoms with Gasteiger partial charge in [-0.3, -0.25) is 10.1 Å². The fraction of sp³-hybridized carbons (Fsp3) is 0.962. The van der Waals surface area contributed by atoms with Gasteiger partial charge in [0.25, 0.3) is 0 Å². The van der Waals surface area contributed by atoms with E-state index in [2.05, 4.69) is 10.6 Å². The van der Waals surface area contributed by atoms with Crippen molar-refractivity contribution < 1.29 is 24.5 Å². The van der Waals surface area contributed by atoms with Crippen molar-refractivity contribution in [2.24, 2.45) is 23.7 Å². The van der Waals surface area contributed by atoms with Crippen LogP contribution in [0.2, 0.25) is 0 Å². The predicted molar refractivity (Wildman–Crippen MR) is 128 cm³/mol. The van der Waals surface area contributed by atoms with Crippen LogP contribution in [0.4, 0.5) is 0 Å². The summed E-state index contributed by atoms with van der Waals surface area (Å²) in [5.41, 5.74) is 0. The molecule has 3 saturated carbocycles. The zero-order chi connectivity index (χ0) is 23.5. The lowest BCUT2D eigenvalue weighted by Gasteiger charge is -2.39. The Bertz CT molecular complexity index is 669. The first-order valence-corrected chi connectivity index (χ1v) is 13.9. The molecule has 0 aromatic carbocycles. The second-order valence-electron chi connectivity index (χ2n) is 11.6. The number of nitrogens with one attached hydrogen (secondary N) is 2. The van der Waals surface area contributed by atoms with Crippen LogP contribution in [0.15, 0.2) is 0 Å². The maximum Gasteiger partial charge on any atom is 0.230 e. The van der Waals surface area contributed by atoms with Crippen molar-refractivity contribution in [3.05, 3.63) is 0 Å². The lowest BCUT2D eigenvalue weighted by atomic mass is 9.78. The van der Waals surface area contributed by atoms with Gasteiger partial charge in [0.05, 0.1) is 37.6 Å².